The van der Waals surface area contributed by atoms with Gasteiger partial charge >= 0.3 is 11.9 Å². The van der Waals surface area contributed by atoms with Crippen molar-refractivity contribution >= 4 is 11.9 Å². The first-order valence-electron chi connectivity index (χ1n) is 6.09. The van der Waals surface area contributed by atoms with Gasteiger partial charge in [-0.1, -0.05) is 30.3 Å². The van der Waals surface area contributed by atoms with Crippen LogP contribution in [0.3, 0.4) is 0 Å². The SMILES string of the molecule is CCOC(=O)C(CF)(C(=O)OCC)c1ccccc1. The predicted octanol–water partition coefficient (Wildman–Crippen LogP) is 2.02. The average Bonchev–Trinajstić information content (AvgIpc) is 2.42. The van der Waals surface area contributed by atoms with Crippen molar-refractivity contribution in [3.05, 3.63) is 35.9 Å². The van der Waals surface area contributed by atoms with Crippen LogP contribution >= 0.6 is 0 Å². The van der Waals surface area contributed by atoms with Gasteiger partial charge in [-0.25, -0.2) is 4.39 Å². The summed E-state index contributed by atoms with van der Waals surface area (Å²) in [4.78, 5) is 24.1. The highest BCUT2D eigenvalue weighted by atomic mass is 19.1. The Morgan fingerprint density at radius 3 is 1.89 bits per heavy atom. The van der Waals surface area contributed by atoms with Crippen LogP contribution in [-0.4, -0.2) is 31.8 Å². The third kappa shape index (κ3) is 2.92. The summed E-state index contributed by atoms with van der Waals surface area (Å²) < 4.78 is 23.2. The number of rotatable bonds is 6. The first-order valence-corrected chi connectivity index (χ1v) is 6.09. The molecular formula is C14H17FO4. The Kier molecular flexibility index (Phi) is 5.48. The fourth-order valence-corrected chi connectivity index (χ4v) is 1.74. The van der Waals surface area contributed by atoms with Crippen molar-refractivity contribution < 1.29 is 23.5 Å². The minimum atomic E-state index is -2.03. The zero-order valence-electron chi connectivity index (χ0n) is 11.0. The van der Waals surface area contributed by atoms with Crippen LogP contribution in [0.1, 0.15) is 19.4 Å². The molecule has 0 heterocycles. The van der Waals surface area contributed by atoms with E-state index in [1.54, 1.807) is 32.0 Å². The summed E-state index contributed by atoms with van der Waals surface area (Å²) in [5.74, 6) is -1.86. The average molecular weight is 268 g/mol. The van der Waals surface area contributed by atoms with Crippen molar-refractivity contribution in [1.29, 1.82) is 0 Å². The van der Waals surface area contributed by atoms with E-state index in [4.69, 9.17) is 9.47 Å². The molecule has 4 nitrogen and oxygen atoms in total. The molecule has 0 fully saturated rings. The van der Waals surface area contributed by atoms with Gasteiger partial charge in [0.25, 0.3) is 0 Å². The Morgan fingerprint density at radius 2 is 1.53 bits per heavy atom. The van der Waals surface area contributed by atoms with E-state index in [2.05, 4.69) is 0 Å². The fraction of sp³-hybridized carbons (Fsp3) is 0.429. The lowest BCUT2D eigenvalue weighted by atomic mass is 9.81. The molecule has 0 saturated carbocycles. The van der Waals surface area contributed by atoms with E-state index >= 15 is 0 Å². The van der Waals surface area contributed by atoms with E-state index < -0.39 is 24.0 Å². The molecule has 1 rings (SSSR count). The maximum Gasteiger partial charge on any atom is 0.330 e. The summed E-state index contributed by atoms with van der Waals surface area (Å²) in [5, 5.41) is 0. The van der Waals surface area contributed by atoms with Crippen LogP contribution in [0.25, 0.3) is 0 Å². The Labute approximate surface area is 111 Å². The molecule has 5 heteroatoms. The van der Waals surface area contributed by atoms with Gasteiger partial charge in [-0.15, -0.1) is 0 Å². The standard InChI is InChI=1S/C14H17FO4/c1-3-18-12(16)14(10-15,13(17)19-4-2)11-8-6-5-7-9-11/h5-9H,3-4,10H2,1-2H3. The quantitative estimate of drug-likeness (QED) is 0.585. The zero-order chi connectivity index (χ0) is 14.3. The maximum atomic E-state index is 13.5. The molecule has 0 aliphatic rings. The van der Waals surface area contributed by atoms with Gasteiger partial charge in [0.1, 0.15) is 6.67 Å². The first-order chi connectivity index (χ1) is 9.13. The molecule has 0 bridgehead atoms. The lowest BCUT2D eigenvalue weighted by Crippen LogP contribution is -2.48. The van der Waals surface area contributed by atoms with Crippen LogP contribution in [0, 0.1) is 0 Å². The van der Waals surface area contributed by atoms with Crippen LogP contribution in [0.15, 0.2) is 30.3 Å². The van der Waals surface area contributed by atoms with Gasteiger partial charge in [0.2, 0.25) is 5.41 Å². The van der Waals surface area contributed by atoms with Crippen molar-refractivity contribution in [2.75, 3.05) is 19.9 Å². The van der Waals surface area contributed by atoms with E-state index in [0.29, 0.717) is 0 Å². The van der Waals surface area contributed by atoms with Gasteiger partial charge in [0.05, 0.1) is 13.2 Å². The maximum absolute atomic E-state index is 13.5. The molecule has 0 aliphatic carbocycles. The summed E-state index contributed by atoms with van der Waals surface area (Å²) >= 11 is 0. The highest BCUT2D eigenvalue weighted by Crippen LogP contribution is 2.28. The molecule has 0 spiro atoms. The Morgan fingerprint density at radius 1 is 1.05 bits per heavy atom. The highest BCUT2D eigenvalue weighted by molar-refractivity contribution is 6.06. The van der Waals surface area contributed by atoms with Crippen LogP contribution < -0.4 is 0 Å². The zero-order valence-corrected chi connectivity index (χ0v) is 11.0. The Balaban J connectivity index is 3.29. The summed E-state index contributed by atoms with van der Waals surface area (Å²) in [6.07, 6.45) is 0. The number of carbonyl (C=O) groups excluding carboxylic acids is 2. The molecular weight excluding hydrogens is 251 g/mol. The van der Waals surface area contributed by atoms with Crippen molar-refractivity contribution in [2.24, 2.45) is 0 Å². The van der Waals surface area contributed by atoms with Crippen LogP contribution in [-0.2, 0) is 24.5 Å². The summed E-state index contributed by atoms with van der Waals surface area (Å²) in [5.41, 5.74) is -1.80. The molecule has 0 aromatic heterocycles. The van der Waals surface area contributed by atoms with E-state index in [1.165, 1.54) is 12.1 Å². The number of ether oxygens (including phenoxy) is 2. The first kappa shape index (κ1) is 15.1. The number of hydrogen-bond acceptors (Lipinski definition) is 4. The van der Waals surface area contributed by atoms with Crippen LogP contribution in [0.2, 0.25) is 0 Å². The molecule has 0 aliphatic heterocycles. The number of esters is 2. The molecule has 0 N–H and O–H groups in total. The molecule has 0 atom stereocenters. The monoisotopic (exact) mass is 268 g/mol. The molecule has 0 saturated heterocycles. The lowest BCUT2D eigenvalue weighted by molar-refractivity contribution is -0.165. The van der Waals surface area contributed by atoms with Crippen molar-refractivity contribution in [2.45, 2.75) is 19.3 Å². The van der Waals surface area contributed by atoms with Gasteiger partial charge in [-0.05, 0) is 19.4 Å². The predicted molar refractivity (Wildman–Crippen MR) is 67.4 cm³/mol. The smallest absolute Gasteiger partial charge is 0.330 e. The van der Waals surface area contributed by atoms with Gasteiger partial charge in [0.15, 0.2) is 0 Å². The second kappa shape index (κ2) is 6.87. The van der Waals surface area contributed by atoms with E-state index in [-0.39, 0.29) is 18.8 Å². The van der Waals surface area contributed by atoms with E-state index in [9.17, 15) is 14.0 Å². The normalized spacial score (nSPS) is 10.9. The van der Waals surface area contributed by atoms with Crippen molar-refractivity contribution in [3.8, 4) is 0 Å². The molecule has 0 radical (unpaired) electrons. The van der Waals surface area contributed by atoms with Gasteiger partial charge < -0.3 is 9.47 Å². The second-order valence-electron chi connectivity index (χ2n) is 3.85. The number of carbonyl (C=O) groups is 2. The van der Waals surface area contributed by atoms with Crippen LogP contribution in [0.4, 0.5) is 4.39 Å². The lowest BCUT2D eigenvalue weighted by Gasteiger charge is -2.26. The molecule has 1 aromatic rings. The fourth-order valence-electron chi connectivity index (χ4n) is 1.74. The summed E-state index contributed by atoms with van der Waals surface area (Å²) in [7, 11) is 0. The number of halogens is 1. The number of benzene rings is 1. The van der Waals surface area contributed by atoms with Gasteiger partial charge in [-0.2, -0.15) is 0 Å². The molecule has 19 heavy (non-hydrogen) atoms. The van der Waals surface area contributed by atoms with E-state index in [0.717, 1.165) is 0 Å². The van der Waals surface area contributed by atoms with Gasteiger partial charge in [0, 0.05) is 0 Å². The summed E-state index contributed by atoms with van der Waals surface area (Å²) in [6.45, 7) is 2.11. The van der Waals surface area contributed by atoms with Gasteiger partial charge in [-0.3, -0.25) is 9.59 Å². The largest absolute Gasteiger partial charge is 0.465 e. The third-order valence-electron chi connectivity index (χ3n) is 2.71. The van der Waals surface area contributed by atoms with Crippen molar-refractivity contribution in [3.63, 3.8) is 0 Å². The number of alkyl halides is 1. The Bertz CT molecular complexity index is 412. The minimum absolute atomic E-state index is 0.0623. The third-order valence-corrected chi connectivity index (χ3v) is 2.71. The minimum Gasteiger partial charge on any atom is -0.465 e. The van der Waals surface area contributed by atoms with Crippen LogP contribution in [0.5, 0.6) is 0 Å². The van der Waals surface area contributed by atoms with E-state index in [1.807, 2.05) is 0 Å². The topological polar surface area (TPSA) is 52.6 Å². The second-order valence-corrected chi connectivity index (χ2v) is 3.85. The molecule has 0 amide bonds. The summed E-state index contributed by atoms with van der Waals surface area (Å²) in [6, 6.07) is 7.97. The Hall–Kier alpha value is -1.91. The molecule has 104 valence electrons. The number of hydrogen-bond donors (Lipinski definition) is 0. The highest BCUT2D eigenvalue weighted by Gasteiger charge is 2.51. The molecule has 1 aromatic carbocycles. The molecule has 0 unspecified atom stereocenters. The van der Waals surface area contributed by atoms with Crippen molar-refractivity contribution in [1.82, 2.24) is 0 Å².